The summed E-state index contributed by atoms with van der Waals surface area (Å²) in [6, 6.07) is 11.8. The van der Waals surface area contributed by atoms with Crippen molar-refractivity contribution >= 4 is 5.97 Å². The minimum atomic E-state index is -1.10. The standard InChI is InChI=1S/C26H33N3O4/c1-8-32-24(30)26(6,7)33-23-18(4)13-20(14-19(23)5)15-28-16-27-29(25(28)31)22-11-9-21(10-12-22)17(2)3/h9-14,16-17H,8,15H2,1-7H3. The average molecular weight is 452 g/mol. The highest BCUT2D eigenvalue weighted by molar-refractivity contribution is 5.79. The quantitative estimate of drug-likeness (QED) is 0.470. The Labute approximate surface area is 195 Å². The van der Waals surface area contributed by atoms with Crippen molar-refractivity contribution in [2.75, 3.05) is 6.61 Å². The van der Waals surface area contributed by atoms with Crippen LogP contribution < -0.4 is 10.4 Å². The van der Waals surface area contributed by atoms with Crippen molar-refractivity contribution < 1.29 is 14.3 Å². The van der Waals surface area contributed by atoms with Gasteiger partial charge in [-0.25, -0.2) is 9.59 Å². The first-order valence-electron chi connectivity index (χ1n) is 11.2. The lowest BCUT2D eigenvalue weighted by Gasteiger charge is -2.26. The molecule has 0 unspecified atom stereocenters. The van der Waals surface area contributed by atoms with Crippen LogP contribution in [0.1, 0.15) is 62.8 Å². The first-order chi connectivity index (χ1) is 15.5. The third-order valence-corrected chi connectivity index (χ3v) is 5.53. The SMILES string of the molecule is CCOC(=O)C(C)(C)Oc1c(C)cc(Cn2cnn(-c3ccc(C(C)C)cc3)c2=O)cc1C. The molecule has 3 rings (SSSR count). The average Bonchev–Trinajstić information content (AvgIpc) is 3.11. The molecule has 0 aliphatic carbocycles. The predicted octanol–water partition coefficient (Wildman–Crippen LogP) is 4.54. The van der Waals surface area contributed by atoms with Gasteiger partial charge in [0, 0.05) is 0 Å². The van der Waals surface area contributed by atoms with E-state index in [0.717, 1.165) is 22.4 Å². The van der Waals surface area contributed by atoms with Crippen LogP contribution >= 0.6 is 0 Å². The Bertz CT molecular complexity index is 1160. The van der Waals surface area contributed by atoms with Gasteiger partial charge in [0.1, 0.15) is 12.1 Å². The topological polar surface area (TPSA) is 75.3 Å². The number of aryl methyl sites for hydroxylation is 2. The molecular formula is C26H33N3O4. The smallest absolute Gasteiger partial charge is 0.350 e. The van der Waals surface area contributed by atoms with Crippen LogP contribution in [-0.4, -0.2) is 32.5 Å². The third kappa shape index (κ3) is 5.35. The van der Waals surface area contributed by atoms with Crippen molar-refractivity contribution in [1.29, 1.82) is 0 Å². The fraction of sp³-hybridized carbons (Fsp3) is 0.423. The van der Waals surface area contributed by atoms with Gasteiger partial charge >= 0.3 is 11.7 Å². The number of aromatic nitrogens is 3. The van der Waals surface area contributed by atoms with Gasteiger partial charge in [0.05, 0.1) is 18.8 Å². The monoisotopic (exact) mass is 451 g/mol. The van der Waals surface area contributed by atoms with Crippen molar-refractivity contribution in [2.24, 2.45) is 0 Å². The number of esters is 1. The Balaban J connectivity index is 1.82. The summed E-state index contributed by atoms with van der Waals surface area (Å²) in [6.45, 7) is 14.0. The van der Waals surface area contributed by atoms with E-state index in [1.165, 1.54) is 10.2 Å². The molecule has 0 aliphatic heterocycles. The van der Waals surface area contributed by atoms with Gasteiger partial charge in [-0.15, -0.1) is 0 Å². The number of rotatable bonds is 8. The minimum absolute atomic E-state index is 0.202. The molecule has 3 aromatic rings. The van der Waals surface area contributed by atoms with E-state index in [-0.39, 0.29) is 5.69 Å². The number of nitrogens with zero attached hydrogens (tertiary/aromatic N) is 3. The highest BCUT2D eigenvalue weighted by atomic mass is 16.6. The lowest BCUT2D eigenvalue weighted by atomic mass is 10.0. The summed E-state index contributed by atoms with van der Waals surface area (Å²) in [5, 5.41) is 4.30. The molecule has 33 heavy (non-hydrogen) atoms. The van der Waals surface area contributed by atoms with Crippen LogP contribution in [0.2, 0.25) is 0 Å². The number of benzene rings is 2. The Morgan fingerprint density at radius 3 is 2.24 bits per heavy atom. The van der Waals surface area contributed by atoms with Gasteiger partial charge in [0.25, 0.3) is 0 Å². The van der Waals surface area contributed by atoms with Crippen LogP contribution in [-0.2, 0) is 16.1 Å². The summed E-state index contributed by atoms with van der Waals surface area (Å²) in [4.78, 5) is 25.2. The van der Waals surface area contributed by atoms with Crippen molar-refractivity contribution in [3.05, 3.63) is 75.5 Å². The third-order valence-electron chi connectivity index (χ3n) is 5.53. The van der Waals surface area contributed by atoms with Crippen molar-refractivity contribution in [1.82, 2.24) is 14.3 Å². The molecule has 0 spiro atoms. The molecule has 0 saturated heterocycles. The molecule has 0 amide bonds. The predicted molar refractivity (Wildman–Crippen MR) is 128 cm³/mol. The molecule has 0 saturated carbocycles. The maximum atomic E-state index is 12.9. The van der Waals surface area contributed by atoms with E-state index in [2.05, 4.69) is 18.9 Å². The normalized spacial score (nSPS) is 11.6. The molecule has 2 aromatic carbocycles. The molecule has 0 radical (unpaired) electrons. The summed E-state index contributed by atoms with van der Waals surface area (Å²) in [6.07, 6.45) is 1.55. The number of hydrogen-bond donors (Lipinski definition) is 0. The van der Waals surface area contributed by atoms with Crippen LogP contribution in [0.15, 0.2) is 47.5 Å². The van der Waals surface area contributed by atoms with Gasteiger partial charge in [-0.3, -0.25) is 4.57 Å². The van der Waals surface area contributed by atoms with E-state index in [0.29, 0.717) is 24.8 Å². The second-order valence-electron chi connectivity index (χ2n) is 9.09. The number of carbonyl (C=O) groups is 1. The molecular weight excluding hydrogens is 418 g/mol. The maximum absolute atomic E-state index is 12.9. The minimum Gasteiger partial charge on any atom is -0.476 e. The lowest BCUT2D eigenvalue weighted by Crippen LogP contribution is -2.40. The molecule has 176 valence electrons. The van der Waals surface area contributed by atoms with Crippen LogP contribution in [0.3, 0.4) is 0 Å². The molecule has 1 heterocycles. The van der Waals surface area contributed by atoms with Gasteiger partial charge in [-0.1, -0.05) is 38.1 Å². The first kappa shape index (κ1) is 24.3. The molecule has 0 aliphatic rings. The van der Waals surface area contributed by atoms with Crippen molar-refractivity contribution in [3.8, 4) is 11.4 Å². The van der Waals surface area contributed by atoms with E-state index >= 15 is 0 Å². The second-order valence-corrected chi connectivity index (χ2v) is 9.09. The van der Waals surface area contributed by atoms with Gasteiger partial charge in [-0.05, 0) is 74.9 Å². The van der Waals surface area contributed by atoms with E-state index in [1.54, 1.807) is 31.7 Å². The van der Waals surface area contributed by atoms with Gasteiger partial charge in [-0.2, -0.15) is 9.78 Å². The molecule has 7 nitrogen and oxygen atoms in total. The molecule has 0 bridgehead atoms. The second kappa shape index (κ2) is 9.65. The van der Waals surface area contributed by atoms with Gasteiger partial charge < -0.3 is 9.47 Å². The van der Waals surface area contributed by atoms with Crippen LogP contribution in [0.4, 0.5) is 0 Å². The Kier molecular flexibility index (Phi) is 7.10. The van der Waals surface area contributed by atoms with E-state index in [9.17, 15) is 9.59 Å². The zero-order valence-electron chi connectivity index (χ0n) is 20.5. The number of ether oxygens (including phenoxy) is 2. The summed E-state index contributed by atoms with van der Waals surface area (Å²) in [7, 11) is 0. The summed E-state index contributed by atoms with van der Waals surface area (Å²) in [5.74, 6) is 0.660. The van der Waals surface area contributed by atoms with Crippen LogP contribution in [0, 0.1) is 13.8 Å². The van der Waals surface area contributed by atoms with Crippen molar-refractivity contribution in [3.63, 3.8) is 0 Å². The van der Waals surface area contributed by atoms with E-state index in [4.69, 9.17) is 9.47 Å². The maximum Gasteiger partial charge on any atom is 0.350 e. The highest BCUT2D eigenvalue weighted by Crippen LogP contribution is 2.29. The summed E-state index contributed by atoms with van der Waals surface area (Å²) < 4.78 is 14.1. The molecule has 0 N–H and O–H groups in total. The summed E-state index contributed by atoms with van der Waals surface area (Å²) in [5.41, 5.74) is 3.36. The zero-order chi connectivity index (χ0) is 24.3. The van der Waals surface area contributed by atoms with Gasteiger partial charge in [0.2, 0.25) is 0 Å². The van der Waals surface area contributed by atoms with Crippen molar-refractivity contribution in [2.45, 2.75) is 66.5 Å². The molecule has 0 atom stereocenters. The number of hydrogen-bond acceptors (Lipinski definition) is 5. The zero-order valence-corrected chi connectivity index (χ0v) is 20.5. The molecule has 0 fully saturated rings. The lowest BCUT2D eigenvalue weighted by molar-refractivity contribution is -0.158. The fourth-order valence-corrected chi connectivity index (χ4v) is 3.71. The Morgan fingerprint density at radius 2 is 1.70 bits per heavy atom. The number of carbonyl (C=O) groups excluding carboxylic acids is 1. The Hall–Kier alpha value is -3.35. The Morgan fingerprint density at radius 1 is 1.09 bits per heavy atom. The van der Waals surface area contributed by atoms with Crippen LogP contribution in [0.5, 0.6) is 5.75 Å². The fourth-order valence-electron chi connectivity index (χ4n) is 3.71. The molecule has 1 aromatic heterocycles. The van der Waals surface area contributed by atoms with Crippen LogP contribution in [0.25, 0.3) is 5.69 Å². The van der Waals surface area contributed by atoms with Gasteiger partial charge in [0.15, 0.2) is 5.60 Å². The molecule has 7 heteroatoms. The summed E-state index contributed by atoms with van der Waals surface area (Å²) >= 11 is 0. The largest absolute Gasteiger partial charge is 0.476 e. The first-order valence-corrected chi connectivity index (χ1v) is 11.2. The van der Waals surface area contributed by atoms with E-state index < -0.39 is 11.6 Å². The highest BCUT2D eigenvalue weighted by Gasteiger charge is 2.32. The van der Waals surface area contributed by atoms with E-state index in [1.807, 2.05) is 50.2 Å².